The number of nitrogens with one attached hydrogen (secondary N) is 2. The average Bonchev–Trinajstić information content (AvgIpc) is 3.37. The number of benzene rings is 2. The van der Waals surface area contributed by atoms with Crippen molar-refractivity contribution in [1.29, 1.82) is 5.26 Å². The highest BCUT2D eigenvalue weighted by molar-refractivity contribution is 6.36. The summed E-state index contributed by atoms with van der Waals surface area (Å²) in [5, 5.41) is 25.8. The molecule has 0 radical (unpaired) electrons. The first-order valence-electron chi connectivity index (χ1n) is 12.2. The fourth-order valence-corrected chi connectivity index (χ4v) is 4.78. The molecule has 2 aromatic heterocycles. The number of hydrogen-bond donors (Lipinski definition) is 2. The normalized spacial score (nSPS) is 14.5. The van der Waals surface area contributed by atoms with Crippen molar-refractivity contribution in [3.8, 4) is 6.07 Å². The molecule has 0 saturated carbocycles. The van der Waals surface area contributed by atoms with E-state index in [1.54, 1.807) is 12.1 Å². The van der Waals surface area contributed by atoms with Gasteiger partial charge in [-0.25, -0.2) is 4.39 Å². The summed E-state index contributed by atoms with van der Waals surface area (Å²) in [5.74, 6) is -0.525. The molecule has 0 unspecified atom stereocenters. The summed E-state index contributed by atoms with van der Waals surface area (Å²) in [5.41, 5.74) is 3.40. The van der Waals surface area contributed by atoms with Gasteiger partial charge in [0, 0.05) is 55.7 Å². The molecule has 1 saturated heterocycles. The second-order valence-corrected chi connectivity index (χ2v) is 10.1. The maximum atomic E-state index is 13.6. The molecule has 0 bridgehead atoms. The van der Waals surface area contributed by atoms with Gasteiger partial charge in [0.2, 0.25) is 0 Å². The van der Waals surface area contributed by atoms with Crippen LogP contribution in [0.1, 0.15) is 11.3 Å². The zero-order chi connectivity index (χ0) is 26.6. The number of piperazine rings is 1. The van der Waals surface area contributed by atoms with Crippen molar-refractivity contribution in [2.24, 2.45) is 0 Å². The average molecular weight is 554 g/mol. The zero-order valence-electron chi connectivity index (χ0n) is 20.8. The number of aromatic nitrogens is 4. The summed E-state index contributed by atoms with van der Waals surface area (Å²) >= 11 is 12.5. The van der Waals surface area contributed by atoms with Crippen LogP contribution in [0.25, 0.3) is 10.9 Å². The fourth-order valence-electron chi connectivity index (χ4n) is 4.34. The van der Waals surface area contributed by atoms with Gasteiger partial charge in [-0.3, -0.25) is 14.6 Å². The van der Waals surface area contributed by atoms with Crippen LogP contribution in [-0.2, 0) is 13.1 Å². The topological polar surface area (TPSA) is 97.9 Å². The minimum absolute atomic E-state index is 0.0242. The first-order valence-corrected chi connectivity index (χ1v) is 12.9. The molecular formula is C26H26Cl2FN9. The fraction of sp³-hybridized carbons (Fsp3) is 0.308. The van der Waals surface area contributed by atoms with Crippen LogP contribution in [0.5, 0.6) is 0 Å². The highest BCUT2D eigenvalue weighted by Gasteiger charge is 2.15. The molecule has 12 heteroatoms. The van der Waals surface area contributed by atoms with Gasteiger partial charge in [-0.15, -0.1) is 5.10 Å². The Morgan fingerprint density at radius 1 is 1.05 bits per heavy atom. The van der Waals surface area contributed by atoms with E-state index < -0.39 is 5.82 Å². The third-order valence-corrected chi connectivity index (χ3v) is 7.11. The molecule has 0 aliphatic carbocycles. The van der Waals surface area contributed by atoms with Crippen molar-refractivity contribution in [1.82, 2.24) is 29.8 Å². The van der Waals surface area contributed by atoms with E-state index >= 15 is 0 Å². The summed E-state index contributed by atoms with van der Waals surface area (Å²) < 4.78 is 15.5. The lowest BCUT2D eigenvalue weighted by atomic mass is 10.1. The molecule has 9 nitrogen and oxygen atoms in total. The van der Waals surface area contributed by atoms with Crippen LogP contribution in [0.2, 0.25) is 10.0 Å². The SMILES string of the molecule is CN1CCN(CCn2cc(CNc3cc(Cl)c4ncc(C#N)c(Nc5ccc(F)c(Cl)c5)c4c3)nn2)CC1. The summed E-state index contributed by atoms with van der Waals surface area (Å²) in [7, 11) is 2.15. The zero-order valence-corrected chi connectivity index (χ0v) is 22.3. The Hall–Kier alpha value is -3.49. The number of halogens is 3. The van der Waals surface area contributed by atoms with Crippen LogP contribution in [0, 0.1) is 17.1 Å². The Morgan fingerprint density at radius 3 is 2.61 bits per heavy atom. The number of rotatable bonds is 8. The molecule has 1 aliphatic rings. The molecule has 2 N–H and O–H groups in total. The third-order valence-electron chi connectivity index (χ3n) is 6.54. The van der Waals surface area contributed by atoms with Crippen LogP contribution in [0.15, 0.2) is 42.7 Å². The smallest absolute Gasteiger partial charge is 0.141 e. The summed E-state index contributed by atoms with van der Waals surface area (Å²) in [6.45, 7) is 6.46. The monoisotopic (exact) mass is 553 g/mol. The van der Waals surface area contributed by atoms with Crippen LogP contribution in [0.3, 0.4) is 0 Å². The van der Waals surface area contributed by atoms with Crippen molar-refractivity contribution >= 4 is 51.2 Å². The molecule has 1 fully saturated rings. The van der Waals surface area contributed by atoms with E-state index in [0.717, 1.165) is 50.6 Å². The number of nitrogens with zero attached hydrogens (tertiary/aromatic N) is 7. The second-order valence-electron chi connectivity index (χ2n) is 9.24. The van der Waals surface area contributed by atoms with Gasteiger partial charge >= 0.3 is 0 Å². The summed E-state index contributed by atoms with van der Waals surface area (Å²) in [6.07, 6.45) is 3.39. The lowest BCUT2D eigenvalue weighted by Gasteiger charge is -2.32. The minimum Gasteiger partial charge on any atom is -0.379 e. The molecule has 2 aromatic carbocycles. The molecule has 38 heavy (non-hydrogen) atoms. The molecular weight excluding hydrogens is 528 g/mol. The molecule has 4 aromatic rings. The van der Waals surface area contributed by atoms with Crippen molar-refractivity contribution < 1.29 is 4.39 Å². The van der Waals surface area contributed by atoms with Crippen LogP contribution in [0.4, 0.5) is 21.5 Å². The Kier molecular flexibility index (Phi) is 7.90. The predicted molar refractivity (Wildman–Crippen MR) is 147 cm³/mol. The van der Waals surface area contributed by atoms with Crippen molar-refractivity contribution in [2.45, 2.75) is 13.1 Å². The molecule has 5 rings (SSSR count). The Morgan fingerprint density at radius 2 is 1.84 bits per heavy atom. The number of hydrogen-bond acceptors (Lipinski definition) is 8. The maximum absolute atomic E-state index is 13.6. The first-order chi connectivity index (χ1) is 18.4. The number of fused-ring (bicyclic) bond motifs is 1. The molecule has 0 atom stereocenters. The highest BCUT2D eigenvalue weighted by Crippen LogP contribution is 2.35. The first kappa shape index (κ1) is 26.1. The van der Waals surface area contributed by atoms with Gasteiger partial charge in [0.15, 0.2) is 0 Å². The quantitative estimate of drug-likeness (QED) is 0.322. The van der Waals surface area contributed by atoms with Gasteiger partial charge in [0.1, 0.15) is 17.6 Å². The standard InChI is InChI=1S/C26H26Cl2FN9/c1-36-4-6-37(7-5-36)8-9-38-16-20(34-35-38)15-31-19-10-21-25(33-18-2-3-24(29)22(27)11-18)17(13-30)14-32-26(21)23(28)12-19/h2-3,10-12,14,16,31H,4-9,15H2,1H3,(H,32,33). The number of likely N-dealkylation sites (N-methyl/N-ethyl adjacent to an activating group) is 1. The Bertz CT molecular complexity index is 1490. The van der Waals surface area contributed by atoms with Gasteiger partial charge in [-0.05, 0) is 37.4 Å². The van der Waals surface area contributed by atoms with Gasteiger partial charge in [-0.2, -0.15) is 5.26 Å². The van der Waals surface area contributed by atoms with Crippen molar-refractivity contribution in [3.63, 3.8) is 0 Å². The Balaban J connectivity index is 1.31. The maximum Gasteiger partial charge on any atom is 0.141 e. The van der Waals surface area contributed by atoms with E-state index in [9.17, 15) is 9.65 Å². The van der Waals surface area contributed by atoms with Crippen LogP contribution >= 0.6 is 23.2 Å². The summed E-state index contributed by atoms with van der Waals surface area (Å²) in [4.78, 5) is 9.14. The number of anilines is 3. The van der Waals surface area contributed by atoms with Crippen LogP contribution < -0.4 is 10.6 Å². The number of nitriles is 1. The molecule has 0 spiro atoms. The molecule has 3 heterocycles. The second kappa shape index (κ2) is 11.5. The minimum atomic E-state index is -0.525. The third kappa shape index (κ3) is 5.97. The van der Waals surface area contributed by atoms with Crippen LogP contribution in [-0.4, -0.2) is 69.5 Å². The largest absolute Gasteiger partial charge is 0.379 e. The predicted octanol–water partition coefficient (Wildman–Crippen LogP) is 4.75. The van der Waals surface area contributed by atoms with E-state index in [0.29, 0.717) is 39.4 Å². The van der Waals surface area contributed by atoms with E-state index in [2.05, 4.69) is 48.8 Å². The lowest BCUT2D eigenvalue weighted by Crippen LogP contribution is -2.45. The molecule has 0 amide bonds. The van der Waals surface area contributed by atoms with Gasteiger partial charge in [0.05, 0.1) is 46.1 Å². The van der Waals surface area contributed by atoms with Crippen molar-refractivity contribution in [3.05, 3.63) is 69.8 Å². The van der Waals surface area contributed by atoms with Gasteiger partial charge < -0.3 is 15.5 Å². The summed E-state index contributed by atoms with van der Waals surface area (Å²) in [6, 6.07) is 10.1. The molecule has 1 aliphatic heterocycles. The molecule has 196 valence electrons. The van der Waals surface area contributed by atoms with Gasteiger partial charge in [0.25, 0.3) is 0 Å². The van der Waals surface area contributed by atoms with E-state index in [1.807, 2.05) is 16.9 Å². The highest BCUT2D eigenvalue weighted by atomic mass is 35.5. The van der Waals surface area contributed by atoms with E-state index in [1.165, 1.54) is 18.3 Å². The Labute approximate surface area is 229 Å². The van der Waals surface area contributed by atoms with E-state index in [-0.39, 0.29) is 5.02 Å². The van der Waals surface area contributed by atoms with E-state index in [4.69, 9.17) is 23.2 Å². The van der Waals surface area contributed by atoms with Gasteiger partial charge in [-0.1, -0.05) is 28.4 Å². The number of pyridine rings is 1. The van der Waals surface area contributed by atoms with Crippen molar-refractivity contribution in [2.75, 3.05) is 50.4 Å². The lowest BCUT2D eigenvalue weighted by molar-refractivity contribution is 0.148.